The summed E-state index contributed by atoms with van der Waals surface area (Å²) in [5.74, 6) is -6.58. The standard InChI is InChI=1S/C59H54N4O10/c1-29-5-11-32(12-6-29)61-55(68)47-41-27-28-42(48(47)56(61)69)50-49(41)57(70)63(58(50)71)34-15-23-38(24-16-34)73-36-19-9-31(10-20-36)59(2,3)30-7-17-35(18-8-30)72-37-21-13-33(14-22-37)62-53(66)45-39-25-26-40(46(45)54(62)67)44-43(39)51(64)60(4)52(44)65/h7-10,13-29,32,39-50H,5-6,11-12H2,1-4H3. The van der Waals surface area contributed by atoms with E-state index in [0.29, 0.717) is 40.3 Å². The molecule has 4 heterocycles. The average molecular weight is 979 g/mol. The molecule has 0 radical (unpaired) electrons. The Bertz CT molecular complexity index is 3040. The molecule has 11 aliphatic rings. The van der Waals surface area contributed by atoms with Crippen molar-refractivity contribution in [2.45, 2.75) is 57.9 Å². The molecule has 0 aromatic heterocycles. The largest absolute Gasteiger partial charge is 0.457 e. The summed E-state index contributed by atoms with van der Waals surface area (Å²) < 4.78 is 12.4. The minimum absolute atomic E-state index is 0.106. The van der Waals surface area contributed by atoms with E-state index in [9.17, 15) is 38.4 Å². The first kappa shape index (κ1) is 45.4. The lowest BCUT2D eigenvalue weighted by Crippen LogP contribution is -2.50. The topological polar surface area (TPSA) is 168 Å². The van der Waals surface area contributed by atoms with Crippen molar-refractivity contribution in [2.24, 2.45) is 76.9 Å². The molecule has 4 bridgehead atoms. The van der Waals surface area contributed by atoms with Crippen LogP contribution in [0.1, 0.15) is 57.6 Å². The molecule has 15 rings (SSSR count). The van der Waals surface area contributed by atoms with Crippen LogP contribution in [0, 0.1) is 76.9 Å². The number of hydrogen-bond donors (Lipinski definition) is 0. The van der Waals surface area contributed by atoms with Gasteiger partial charge in [0.2, 0.25) is 47.3 Å². The zero-order chi connectivity index (χ0) is 50.5. The lowest BCUT2D eigenvalue weighted by molar-refractivity contribution is -0.144. The zero-order valence-electron chi connectivity index (χ0n) is 40.8. The van der Waals surface area contributed by atoms with Gasteiger partial charge < -0.3 is 9.47 Å². The van der Waals surface area contributed by atoms with Gasteiger partial charge in [-0.3, -0.25) is 58.0 Å². The van der Waals surface area contributed by atoms with Gasteiger partial charge in [-0.05, 0) is 116 Å². The third kappa shape index (κ3) is 6.53. The summed E-state index contributed by atoms with van der Waals surface area (Å²) in [7, 11) is 1.47. The molecule has 8 amide bonds. The van der Waals surface area contributed by atoms with Crippen LogP contribution in [-0.4, -0.2) is 70.1 Å². The highest BCUT2D eigenvalue weighted by molar-refractivity contribution is 6.24. The second kappa shape index (κ2) is 16.3. The van der Waals surface area contributed by atoms with Crippen molar-refractivity contribution in [1.29, 1.82) is 0 Å². The van der Waals surface area contributed by atoms with E-state index in [0.717, 1.165) is 41.7 Å². The van der Waals surface area contributed by atoms with Crippen LogP contribution in [0.3, 0.4) is 0 Å². The van der Waals surface area contributed by atoms with Gasteiger partial charge in [0.25, 0.3) is 0 Å². The van der Waals surface area contributed by atoms with Crippen LogP contribution >= 0.6 is 0 Å². The maximum Gasteiger partial charge on any atom is 0.238 e. The Balaban J connectivity index is 0.634. The van der Waals surface area contributed by atoms with Gasteiger partial charge >= 0.3 is 0 Å². The van der Waals surface area contributed by atoms with Crippen molar-refractivity contribution >= 4 is 58.6 Å². The van der Waals surface area contributed by atoms with Crippen molar-refractivity contribution in [2.75, 3.05) is 16.8 Å². The number of anilines is 2. The highest BCUT2D eigenvalue weighted by Gasteiger charge is 2.70. The number of carbonyl (C=O) groups excluding carboxylic acids is 8. The SMILES string of the molecule is CC1CCC(N2C(=O)C3C4C=CC(C5C(=O)N(c6ccc(Oc7ccc(C(C)(C)c8ccc(Oc9ccc(N%10C(=O)C%11C%12C=CC(C%13C(=O)N(C)C(=O)C%12%13)C%11C%10=O)cc9)cc8)cc7)cc6)C(=O)C45)C3C2=O)CC1. The Labute approximate surface area is 422 Å². The monoisotopic (exact) mass is 978 g/mol. The van der Waals surface area contributed by atoms with Crippen LogP contribution in [-0.2, 0) is 43.8 Å². The highest BCUT2D eigenvalue weighted by atomic mass is 16.5. The summed E-state index contributed by atoms with van der Waals surface area (Å²) in [6.07, 6.45) is 11.1. The Morgan fingerprint density at radius 3 is 1.01 bits per heavy atom. The number of amides is 8. The molecular formula is C59H54N4O10. The third-order valence-electron chi connectivity index (χ3n) is 18.4. The fraction of sp³-hybridized carbons (Fsp3) is 0.390. The molecule has 370 valence electrons. The van der Waals surface area contributed by atoms with E-state index in [4.69, 9.17) is 9.47 Å². The maximum absolute atomic E-state index is 14.2. The second-order valence-electron chi connectivity index (χ2n) is 22.4. The maximum atomic E-state index is 14.2. The molecule has 12 unspecified atom stereocenters. The quantitative estimate of drug-likeness (QED) is 0.119. The predicted octanol–water partition coefficient (Wildman–Crippen LogP) is 7.85. The van der Waals surface area contributed by atoms with Crippen molar-refractivity contribution < 1.29 is 47.8 Å². The van der Waals surface area contributed by atoms with E-state index >= 15 is 0 Å². The molecule has 4 aliphatic heterocycles. The van der Waals surface area contributed by atoms with Crippen LogP contribution in [0.5, 0.6) is 23.0 Å². The molecular weight excluding hydrogens is 925 g/mol. The average Bonchev–Trinajstić information content (AvgIpc) is 4.05. The first-order valence-electron chi connectivity index (χ1n) is 25.7. The zero-order valence-corrected chi connectivity index (χ0v) is 40.8. The Morgan fingerprint density at radius 2 is 0.685 bits per heavy atom. The van der Waals surface area contributed by atoms with E-state index in [-0.39, 0.29) is 53.3 Å². The highest BCUT2D eigenvalue weighted by Crippen LogP contribution is 2.60. The minimum Gasteiger partial charge on any atom is -0.457 e. The van der Waals surface area contributed by atoms with E-state index in [1.807, 2.05) is 72.8 Å². The normalized spacial score (nSPS) is 33.8. The third-order valence-corrected chi connectivity index (χ3v) is 18.4. The van der Waals surface area contributed by atoms with Crippen LogP contribution < -0.4 is 19.3 Å². The smallest absolute Gasteiger partial charge is 0.238 e. The number of imide groups is 4. The number of rotatable bonds is 9. The van der Waals surface area contributed by atoms with Gasteiger partial charge in [-0.1, -0.05) is 69.3 Å². The molecule has 14 nitrogen and oxygen atoms in total. The van der Waals surface area contributed by atoms with Crippen LogP contribution in [0.25, 0.3) is 0 Å². The van der Waals surface area contributed by atoms with Crippen LogP contribution in [0.4, 0.5) is 11.4 Å². The van der Waals surface area contributed by atoms with E-state index in [2.05, 4.69) is 20.8 Å². The van der Waals surface area contributed by atoms with Gasteiger partial charge in [-0.15, -0.1) is 0 Å². The van der Waals surface area contributed by atoms with Gasteiger partial charge in [-0.25, -0.2) is 0 Å². The number of allylic oxidation sites excluding steroid dienone is 4. The number of ether oxygens (including phenoxy) is 2. The van der Waals surface area contributed by atoms with E-state index < -0.39 is 76.4 Å². The fourth-order valence-electron chi connectivity index (χ4n) is 14.6. The summed E-state index contributed by atoms with van der Waals surface area (Å²) in [6.45, 7) is 6.46. The second-order valence-corrected chi connectivity index (χ2v) is 22.4. The molecule has 7 aliphatic carbocycles. The predicted molar refractivity (Wildman–Crippen MR) is 264 cm³/mol. The van der Waals surface area contributed by atoms with E-state index in [1.165, 1.54) is 21.7 Å². The Morgan fingerprint density at radius 1 is 0.397 bits per heavy atom. The Hall–Kier alpha value is -7.48. The first-order chi connectivity index (χ1) is 35.1. The summed E-state index contributed by atoms with van der Waals surface area (Å²) in [5.41, 5.74) is 2.53. The minimum atomic E-state index is -0.680. The van der Waals surface area contributed by atoms with E-state index in [1.54, 1.807) is 48.5 Å². The van der Waals surface area contributed by atoms with Gasteiger partial charge in [0.15, 0.2) is 0 Å². The molecule has 7 fully saturated rings. The summed E-state index contributed by atoms with van der Waals surface area (Å²) in [6, 6.07) is 29.1. The summed E-state index contributed by atoms with van der Waals surface area (Å²) >= 11 is 0. The molecule has 0 N–H and O–H groups in total. The van der Waals surface area contributed by atoms with Gasteiger partial charge in [0, 0.05) is 42.2 Å². The Kier molecular flexibility index (Phi) is 10.1. The number of hydrogen-bond acceptors (Lipinski definition) is 10. The molecule has 12 atom stereocenters. The molecule has 73 heavy (non-hydrogen) atoms. The van der Waals surface area contributed by atoms with Crippen molar-refractivity contribution in [3.63, 3.8) is 0 Å². The number of benzene rings is 4. The summed E-state index contributed by atoms with van der Waals surface area (Å²) in [4.78, 5) is 115. The summed E-state index contributed by atoms with van der Waals surface area (Å²) in [5, 5.41) is 0. The lowest BCUT2D eigenvalue weighted by atomic mass is 9.54. The molecule has 4 saturated heterocycles. The van der Waals surface area contributed by atoms with Gasteiger partial charge in [-0.2, -0.15) is 0 Å². The number of nitrogens with zero attached hydrogens (tertiary/aromatic N) is 4. The molecule has 3 saturated carbocycles. The van der Waals surface area contributed by atoms with Crippen LogP contribution in [0.2, 0.25) is 0 Å². The molecule has 4 aromatic rings. The van der Waals surface area contributed by atoms with Gasteiger partial charge in [0.05, 0.1) is 58.7 Å². The van der Waals surface area contributed by atoms with Gasteiger partial charge in [0.1, 0.15) is 23.0 Å². The molecule has 14 heteroatoms. The molecule has 0 spiro atoms. The lowest BCUT2D eigenvalue weighted by Gasteiger charge is -2.44. The number of carbonyl (C=O) groups is 8. The number of likely N-dealkylation sites (tertiary alicyclic amines) is 2. The van der Waals surface area contributed by atoms with Crippen LogP contribution in [0.15, 0.2) is 121 Å². The van der Waals surface area contributed by atoms with Crippen molar-refractivity contribution in [1.82, 2.24) is 9.80 Å². The fourth-order valence-corrected chi connectivity index (χ4v) is 14.6. The first-order valence-corrected chi connectivity index (χ1v) is 25.7. The van der Waals surface area contributed by atoms with Crippen molar-refractivity contribution in [3.05, 3.63) is 132 Å². The van der Waals surface area contributed by atoms with Crippen molar-refractivity contribution in [3.8, 4) is 23.0 Å². The molecule has 4 aromatic carbocycles.